The molecule has 0 bridgehead atoms. The van der Waals surface area contributed by atoms with Gasteiger partial charge in [-0.2, -0.15) is 0 Å². The van der Waals surface area contributed by atoms with Crippen LogP contribution in [-0.2, 0) is 26.0 Å². The van der Waals surface area contributed by atoms with E-state index in [1.54, 1.807) is 25.1 Å². The Balaban J connectivity index is 2.44. The number of Topliss-reactive ketones (excluding diaryl/α,β-unsaturated/α-hetero) is 1. The molecule has 2 aromatic carbocycles. The maximum Gasteiger partial charge on any atom is 0.341 e. The number of ether oxygens (including phenoxy) is 1. The minimum atomic E-state index is -4.15. The molecule has 0 unspecified atom stereocenters. The van der Waals surface area contributed by atoms with Gasteiger partial charge in [-0.05, 0) is 30.7 Å². The van der Waals surface area contributed by atoms with E-state index in [9.17, 15) is 22.8 Å². The summed E-state index contributed by atoms with van der Waals surface area (Å²) in [6.45, 7) is 0.905. The van der Waals surface area contributed by atoms with Crippen molar-refractivity contribution < 1.29 is 32.6 Å². The van der Waals surface area contributed by atoms with Crippen LogP contribution in [0.3, 0.4) is 0 Å². The number of amides is 1. The number of carboxylic acid groups (broad SMARTS) is 1. The van der Waals surface area contributed by atoms with E-state index in [1.807, 2.05) is 0 Å². The Morgan fingerprint density at radius 3 is 2.30 bits per heavy atom. The van der Waals surface area contributed by atoms with E-state index in [2.05, 4.69) is 0 Å². The maximum atomic E-state index is 13.4. The second-order valence-electron chi connectivity index (χ2n) is 6.28. The average molecular weight is 430 g/mol. The first-order valence-electron chi connectivity index (χ1n) is 8.85. The van der Waals surface area contributed by atoms with E-state index < -0.39 is 34.3 Å². The topological polar surface area (TPSA) is 146 Å². The summed E-state index contributed by atoms with van der Waals surface area (Å²) in [5.41, 5.74) is 5.10. The quantitative estimate of drug-likeness (QED) is 0.407. The van der Waals surface area contributed by atoms with Crippen molar-refractivity contribution >= 4 is 38.6 Å². The van der Waals surface area contributed by atoms with Crippen molar-refractivity contribution in [2.75, 3.05) is 6.61 Å². The normalized spacial score (nSPS) is 11.4. The van der Waals surface area contributed by atoms with Gasteiger partial charge in [-0.3, -0.25) is 9.59 Å². The third-order valence-electron chi connectivity index (χ3n) is 4.43. The predicted octanol–water partition coefficient (Wildman–Crippen LogP) is 1.57. The zero-order valence-corrected chi connectivity index (χ0v) is 16.7. The molecular weight excluding hydrogens is 412 g/mol. The molecule has 30 heavy (non-hydrogen) atoms. The zero-order chi connectivity index (χ0) is 22.1. The van der Waals surface area contributed by atoms with Crippen molar-refractivity contribution in [1.29, 1.82) is 0 Å². The number of primary amides is 1. The van der Waals surface area contributed by atoms with Crippen LogP contribution in [0, 0.1) is 0 Å². The Kier molecular flexibility index (Phi) is 5.61. The van der Waals surface area contributed by atoms with Crippen molar-refractivity contribution in [3.05, 3.63) is 59.8 Å². The molecule has 1 amide bonds. The Bertz CT molecular complexity index is 1260. The lowest BCUT2D eigenvalue weighted by Crippen LogP contribution is -2.25. The molecule has 3 rings (SSSR count). The number of carbonyl (C=O) groups excluding carboxylic acids is 2. The minimum absolute atomic E-state index is 0.0129. The van der Waals surface area contributed by atoms with Gasteiger partial charge < -0.3 is 15.6 Å². The highest BCUT2D eigenvalue weighted by atomic mass is 32.2. The summed E-state index contributed by atoms with van der Waals surface area (Å²) in [5.74, 6) is -3.67. The van der Waals surface area contributed by atoms with Crippen LogP contribution in [0.15, 0.2) is 53.4 Å². The van der Waals surface area contributed by atoms with Crippen molar-refractivity contribution in [3.8, 4) is 5.75 Å². The van der Waals surface area contributed by atoms with Gasteiger partial charge in [0, 0.05) is 5.69 Å². The second-order valence-corrected chi connectivity index (χ2v) is 8.07. The lowest BCUT2D eigenvalue weighted by Gasteiger charge is -2.11. The molecule has 0 aliphatic rings. The van der Waals surface area contributed by atoms with Gasteiger partial charge >= 0.3 is 5.97 Å². The first kappa shape index (κ1) is 21.1. The van der Waals surface area contributed by atoms with Gasteiger partial charge in [-0.15, -0.1) is 0 Å². The SMILES string of the molecule is CCc1c(C(=O)C(N)=O)c2c(OCC(=O)O)cccc2n1S(=O)(=O)c1ccccc1. The number of fused-ring (bicyclic) bond motifs is 1. The summed E-state index contributed by atoms with van der Waals surface area (Å²) in [5, 5.41) is 8.94. The Hall–Kier alpha value is -3.66. The number of nitrogens with zero attached hydrogens (tertiary/aromatic N) is 1. The van der Waals surface area contributed by atoms with E-state index in [0.717, 1.165) is 3.97 Å². The first-order valence-corrected chi connectivity index (χ1v) is 10.3. The van der Waals surface area contributed by atoms with Crippen LogP contribution >= 0.6 is 0 Å². The largest absolute Gasteiger partial charge is 0.481 e. The van der Waals surface area contributed by atoms with Crippen LogP contribution in [-0.4, -0.2) is 41.8 Å². The molecule has 156 valence electrons. The van der Waals surface area contributed by atoms with Crippen LogP contribution in [0.25, 0.3) is 10.9 Å². The number of aliphatic carboxylic acids is 1. The van der Waals surface area contributed by atoms with Gasteiger partial charge in [0.15, 0.2) is 6.61 Å². The van der Waals surface area contributed by atoms with Gasteiger partial charge in [0.1, 0.15) is 5.75 Å². The fraction of sp³-hybridized carbons (Fsp3) is 0.150. The van der Waals surface area contributed by atoms with Crippen molar-refractivity contribution in [2.45, 2.75) is 18.2 Å². The number of hydrogen-bond acceptors (Lipinski definition) is 6. The summed E-state index contributed by atoms with van der Waals surface area (Å²) in [6.07, 6.45) is 0.0769. The fourth-order valence-corrected chi connectivity index (χ4v) is 4.89. The number of carbonyl (C=O) groups is 3. The third-order valence-corrected chi connectivity index (χ3v) is 6.19. The highest BCUT2D eigenvalue weighted by molar-refractivity contribution is 7.90. The lowest BCUT2D eigenvalue weighted by atomic mass is 10.0. The van der Waals surface area contributed by atoms with Gasteiger partial charge in [0.25, 0.3) is 21.7 Å². The number of aromatic nitrogens is 1. The van der Waals surface area contributed by atoms with Gasteiger partial charge in [0.2, 0.25) is 0 Å². The van der Waals surface area contributed by atoms with E-state index in [-0.39, 0.29) is 39.2 Å². The van der Waals surface area contributed by atoms with E-state index >= 15 is 0 Å². The zero-order valence-electron chi connectivity index (χ0n) is 15.9. The number of hydrogen-bond donors (Lipinski definition) is 2. The molecule has 3 aromatic rings. The van der Waals surface area contributed by atoms with E-state index in [1.165, 1.54) is 30.3 Å². The second kappa shape index (κ2) is 7.99. The highest BCUT2D eigenvalue weighted by Gasteiger charge is 2.32. The molecule has 0 spiro atoms. The van der Waals surface area contributed by atoms with Crippen LogP contribution in [0.2, 0.25) is 0 Å². The van der Waals surface area contributed by atoms with Crippen molar-refractivity contribution in [1.82, 2.24) is 3.97 Å². The lowest BCUT2D eigenvalue weighted by molar-refractivity contribution is -0.139. The Morgan fingerprint density at radius 2 is 1.73 bits per heavy atom. The molecule has 0 saturated heterocycles. The number of rotatable bonds is 8. The fourth-order valence-electron chi connectivity index (χ4n) is 3.25. The van der Waals surface area contributed by atoms with Crippen LogP contribution in [0.1, 0.15) is 23.0 Å². The predicted molar refractivity (Wildman–Crippen MR) is 107 cm³/mol. The minimum Gasteiger partial charge on any atom is -0.481 e. The summed E-state index contributed by atoms with van der Waals surface area (Å²) < 4.78 is 33.1. The molecule has 0 aliphatic carbocycles. The third kappa shape index (κ3) is 3.52. The van der Waals surface area contributed by atoms with E-state index in [4.69, 9.17) is 15.6 Å². The molecular formula is C20H18N2O7S. The summed E-state index contributed by atoms with van der Waals surface area (Å²) in [7, 11) is -4.15. The van der Waals surface area contributed by atoms with Crippen molar-refractivity contribution in [3.63, 3.8) is 0 Å². The van der Waals surface area contributed by atoms with Gasteiger partial charge in [-0.1, -0.05) is 31.2 Å². The molecule has 0 fully saturated rings. The Labute approximate surface area is 171 Å². The average Bonchev–Trinajstić information content (AvgIpc) is 3.07. The van der Waals surface area contributed by atoms with Crippen LogP contribution in [0.4, 0.5) is 0 Å². The molecule has 3 N–H and O–H groups in total. The number of benzene rings is 2. The molecule has 0 saturated carbocycles. The number of nitrogens with two attached hydrogens (primary N) is 1. The Morgan fingerprint density at radius 1 is 1.07 bits per heavy atom. The standard InChI is InChI=1S/C20H18N2O7S/c1-2-13-18(19(25)20(21)26)17-14(9-6-10-15(17)29-11-16(23)24)22(13)30(27,28)12-7-4-3-5-8-12/h3-10H,2,11H2,1H3,(H2,21,26)(H,23,24). The van der Waals surface area contributed by atoms with Crippen LogP contribution < -0.4 is 10.5 Å². The summed E-state index contributed by atoms with van der Waals surface area (Å²) >= 11 is 0. The monoisotopic (exact) mass is 430 g/mol. The molecule has 0 atom stereocenters. The van der Waals surface area contributed by atoms with Crippen molar-refractivity contribution in [2.24, 2.45) is 5.73 Å². The van der Waals surface area contributed by atoms with Crippen LogP contribution in [0.5, 0.6) is 5.75 Å². The van der Waals surface area contributed by atoms with E-state index in [0.29, 0.717) is 0 Å². The summed E-state index contributed by atoms with van der Waals surface area (Å²) in [4.78, 5) is 35.3. The molecule has 1 aromatic heterocycles. The van der Waals surface area contributed by atoms with Gasteiger partial charge in [0.05, 0.1) is 21.4 Å². The number of ketones is 1. The molecule has 0 aliphatic heterocycles. The molecule has 9 nitrogen and oxygen atoms in total. The summed E-state index contributed by atoms with van der Waals surface area (Å²) in [6, 6.07) is 11.9. The number of carboxylic acids is 1. The maximum absolute atomic E-state index is 13.4. The molecule has 10 heteroatoms. The highest BCUT2D eigenvalue weighted by Crippen LogP contribution is 2.37. The molecule has 1 heterocycles. The molecule has 0 radical (unpaired) electrons. The smallest absolute Gasteiger partial charge is 0.341 e. The first-order chi connectivity index (χ1) is 14.2. The van der Waals surface area contributed by atoms with Gasteiger partial charge in [-0.25, -0.2) is 17.2 Å².